The number of nitrogens with two attached hydrogens (primary N) is 1. The maximum Gasteiger partial charge on any atom is 0.254 e. The Bertz CT molecular complexity index is 1040. The van der Waals surface area contributed by atoms with Gasteiger partial charge in [-0.1, -0.05) is 18.2 Å². The van der Waals surface area contributed by atoms with Crippen LogP contribution in [-0.4, -0.2) is 54.3 Å². The van der Waals surface area contributed by atoms with E-state index in [1.807, 2.05) is 24.3 Å². The number of nitrogens with zero attached hydrogens (tertiary/aromatic N) is 2. The van der Waals surface area contributed by atoms with Gasteiger partial charge in [0.1, 0.15) is 12.6 Å². The number of carbonyl (C=O) groups excluding carboxylic acids is 3. The van der Waals surface area contributed by atoms with Crippen LogP contribution in [0.4, 0.5) is 0 Å². The maximum atomic E-state index is 13.1. The second-order valence-electron chi connectivity index (χ2n) is 7.44. The topological polar surface area (TPSA) is 102 Å². The fourth-order valence-electron chi connectivity index (χ4n) is 4.13. The van der Waals surface area contributed by atoms with E-state index in [4.69, 9.17) is 15.2 Å². The van der Waals surface area contributed by atoms with Crippen LogP contribution in [0, 0.1) is 0 Å². The summed E-state index contributed by atoms with van der Waals surface area (Å²) in [6.07, 6.45) is 0.283. The van der Waals surface area contributed by atoms with Gasteiger partial charge in [-0.3, -0.25) is 14.4 Å². The van der Waals surface area contributed by atoms with Gasteiger partial charge >= 0.3 is 0 Å². The van der Waals surface area contributed by atoms with E-state index in [2.05, 4.69) is 0 Å². The lowest BCUT2D eigenvalue weighted by Gasteiger charge is -2.36. The molecule has 8 heteroatoms. The second kappa shape index (κ2) is 7.70. The molecule has 2 aliphatic heterocycles. The van der Waals surface area contributed by atoms with E-state index >= 15 is 0 Å². The van der Waals surface area contributed by atoms with Crippen LogP contribution in [0.3, 0.4) is 0 Å². The van der Waals surface area contributed by atoms with Crippen LogP contribution in [0.1, 0.15) is 27.0 Å². The average Bonchev–Trinajstić information content (AvgIpc) is 3.07. The highest BCUT2D eigenvalue weighted by Crippen LogP contribution is 2.35. The standard InChI is InChI=1S/C22H23N3O5/c1-29-18-8-14-7-17(21(23)27)25(11-15(14)9-19(18)30-2)20(26)12-24-10-13-5-3-4-6-16(13)22(24)28/h3-6,8-9,17H,7,10-12H2,1-2H3,(H2,23,27). The molecular formula is C22H23N3O5. The second-order valence-corrected chi connectivity index (χ2v) is 7.44. The van der Waals surface area contributed by atoms with E-state index in [0.717, 1.165) is 16.7 Å². The van der Waals surface area contributed by atoms with Crippen molar-refractivity contribution >= 4 is 17.7 Å². The van der Waals surface area contributed by atoms with Gasteiger partial charge in [0, 0.05) is 25.1 Å². The quantitative estimate of drug-likeness (QED) is 0.797. The number of primary amides is 1. The molecule has 8 nitrogen and oxygen atoms in total. The van der Waals surface area contributed by atoms with Gasteiger partial charge in [-0.25, -0.2) is 0 Å². The predicted octanol–water partition coefficient (Wildman–Crippen LogP) is 1.10. The van der Waals surface area contributed by atoms with E-state index in [1.165, 1.54) is 9.80 Å². The zero-order chi connectivity index (χ0) is 21.4. The Morgan fingerprint density at radius 2 is 1.70 bits per heavy atom. The molecular weight excluding hydrogens is 386 g/mol. The van der Waals surface area contributed by atoms with Crippen molar-refractivity contribution in [3.05, 3.63) is 58.7 Å². The average molecular weight is 409 g/mol. The van der Waals surface area contributed by atoms with E-state index in [0.29, 0.717) is 23.6 Å². The summed E-state index contributed by atoms with van der Waals surface area (Å²) in [4.78, 5) is 40.8. The number of hydrogen-bond donors (Lipinski definition) is 1. The van der Waals surface area contributed by atoms with E-state index in [9.17, 15) is 14.4 Å². The first-order valence-corrected chi connectivity index (χ1v) is 9.62. The molecule has 2 aromatic rings. The van der Waals surface area contributed by atoms with Crippen molar-refractivity contribution < 1.29 is 23.9 Å². The summed E-state index contributed by atoms with van der Waals surface area (Å²) in [6.45, 7) is 0.467. The fourth-order valence-corrected chi connectivity index (χ4v) is 4.13. The molecule has 0 saturated heterocycles. The number of hydrogen-bond acceptors (Lipinski definition) is 5. The highest BCUT2D eigenvalue weighted by molar-refractivity contribution is 6.00. The Morgan fingerprint density at radius 3 is 2.33 bits per heavy atom. The van der Waals surface area contributed by atoms with Crippen LogP contribution < -0.4 is 15.2 Å². The van der Waals surface area contributed by atoms with Gasteiger partial charge in [0.05, 0.1) is 14.2 Å². The number of carbonyl (C=O) groups is 3. The molecule has 2 N–H and O–H groups in total. The van der Waals surface area contributed by atoms with Crippen molar-refractivity contribution in [3.8, 4) is 11.5 Å². The lowest BCUT2D eigenvalue weighted by Crippen LogP contribution is -2.53. The molecule has 0 saturated carbocycles. The smallest absolute Gasteiger partial charge is 0.254 e. The van der Waals surface area contributed by atoms with Crippen molar-refractivity contribution in [2.45, 2.75) is 25.6 Å². The van der Waals surface area contributed by atoms with Crippen molar-refractivity contribution in [1.29, 1.82) is 0 Å². The van der Waals surface area contributed by atoms with Crippen molar-refractivity contribution in [3.63, 3.8) is 0 Å². The maximum absolute atomic E-state index is 13.1. The molecule has 1 unspecified atom stereocenters. The molecule has 4 rings (SSSR count). The molecule has 156 valence electrons. The van der Waals surface area contributed by atoms with Gasteiger partial charge in [-0.05, 0) is 34.9 Å². The lowest BCUT2D eigenvalue weighted by molar-refractivity contribution is -0.141. The predicted molar refractivity (Wildman–Crippen MR) is 108 cm³/mol. The Morgan fingerprint density at radius 1 is 1.03 bits per heavy atom. The first-order chi connectivity index (χ1) is 14.4. The van der Waals surface area contributed by atoms with Gasteiger partial charge in [0.2, 0.25) is 11.8 Å². The minimum absolute atomic E-state index is 0.111. The summed E-state index contributed by atoms with van der Waals surface area (Å²) in [5.74, 6) is 0.0182. The molecule has 2 aromatic carbocycles. The molecule has 0 aromatic heterocycles. The number of fused-ring (bicyclic) bond motifs is 2. The minimum atomic E-state index is -0.789. The van der Waals surface area contributed by atoms with Gasteiger partial charge < -0.3 is 25.0 Å². The molecule has 30 heavy (non-hydrogen) atoms. The molecule has 0 radical (unpaired) electrons. The molecule has 1 atom stereocenters. The molecule has 3 amide bonds. The molecule has 2 aliphatic rings. The SMILES string of the molecule is COc1cc2c(cc1OC)CN(C(=O)CN1Cc3ccccc3C1=O)C(C(N)=O)C2. The van der Waals surface area contributed by atoms with Crippen molar-refractivity contribution in [2.24, 2.45) is 5.73 Å². The number of ether oxygens (including phenoxy) is 2. The summed E-state index contributed by atoms with van der Waals surface area (Å²) < 4.78 is 10.7. The van der Waals surface area contributed by atoms with Crippen LogP contribution in [-0.2, 0) is 29.1 Å². The zero-order valence-electron chi connectivity index (χ0n) is 16.9. The van der Waals surface area contributed by atoms with Crippen LogP contribution in [0.25, 0.3) is 0 Å². The van der Waals surface area contributed by atoms with Crippen molar-refractivity contribution in [1.82, 2.24) is 9.80 Å². The lowest BCUT2D eigenvalue weighted by atomic mass is 9.92. The van der Waals surface area contributed by atoms with E-state index in [1.54, 1.807) is 26.4 Å². The van der Waals surface area contributed by atoms with Gasteiger partial charge in [0.15, 0.2) is 11.5 Å². The number of rotatable bonds is 5. The highest BCUT2D eigenvalue weighted by atomic mass is 16.5. The largest absolute Gasteiger partial charge is 0.493 e. The first-order valence-electron chi connectivity index (χ1n) is 9.62. The number of methoxy groups -OCH3 is 2. The van der Waals surface area contributed by atoms with Crippen LogP contribution in [0.5, 0.6) is 11.5 Å². The van der Waals surface area contributed by atoms with Gasteiger partial charge in [-0.15, -0.1) is 0 Å². The summed E-state index contributed by atoms with van der Waals surface area (Å²) in [7, 11) is 3.08. The van der Waals surface area contributed by atoms with Gasteiger partial charge in [0.25, 0.3) is 5.91 Å². The highest BCUT2D eigenvalue weighted by Gasteiger charge is 2.36. The van der Waals surface area contributed by atoms with Crippen molar-refractivity contribution in [2.75, 3.05) is 20.8 Å². The summed E-state index contributed by atoms with van der Waals surface area (Å²) >= 11 is 0. The van der Waals surface area contributed by atoms with Crippen LogP contribution in [0.2, 0.25) is 0 Å². The Hall–Kier alpha value is -3.55. The molecule has 0 fully saturated rings. The summed E-state index contributed by atoms with van der Waals surface area (Å²) in [5, 5.41) is 0. The fraction of sp³-hybridized carbons (Fsp3) is 0.318. The monoisotopic (exact) mass is 409 g/mol. The third-order valence-corrected chi connectivity index (χ3v) is 5.71. The number of benzene rings is 2. The zero-order valence-corrected chi connectivity index (χ0v) is 16.9. The van der Waals surface area contributed by atoms with Gasteiger partial charge in [-0.2, -0.15) is 0 Å². The minimum Gasteiger partial charge on any atom is -0.493 e. The van der Waals surface area contributed by atoms with Crippen LogP contribution >= 0.6 is 0 Å². The normalized spacial score (nSPS) is 17.4. The van der Waals surface area contributed by atoms with Crippen LogP contribution in [0.15, 0.2) is 36.4 Å². The summed E-state index contributed by atoms with van der Waals surface area (Å²) in [5.41, 5.74) is 8.85. The third kappa shape index (κ3) is 3.34. The molecule has 0 aliphatic carbocycles. The molecule has 0 bridgehead atoms. The Kier molecular flexibility index (Phi) is 5.07. The third-order valence-electron chi connectivity index (χ3n) is 5.71. The molecule has 2 heterocycles. The Balaban J connectivity index is 1.58. The first kappa shape index (κ1) is 19.8. The Labute approximate surface area is 174 Å². The van der Waals surface area contributed by atoms with E-state index in [-0.39, 0.29) is 31.3 Å². The molecule has 0 spiro atoms. The summed E-state index contributed by atoms with van der Waals surface area (Å²) in [6, 6.07) is 10.1. The van der Waals surface area contributed by atoms with E-state index < -0.39 is 11.9 Å². The number of amides is 3.